The predicted molar refractivity (Wildman–Crippen MR) is 70.6 cm³/mol. The fourth-order valence-electron chi connectivity index (χ4n) is 3.10. The van der Waals surface area contributed by atoms with E-state index in [0.29, 0.717) is 12.0 Å². The van der Waals surface area contributed by atoms with Crippen molar-refractivity contribution in [2.75, 3.05) is 26.2 Å². The zero-order valence-electron chi connectivity index (χ0n) is 11.0. The highest BCUT2D eigenvalue weighted by Crippen LogP contribution is 2.28. The van der Waals surface area contributed by atoms with Gasteiger partial charge >= 0.3 is 0 Å². The third-order valence-corrected chi connectivity index (χ3v) is 4.65. The second-order valence-corrected chi connectivity index (χ2v) is 5.79. The quantitative estimate of drug-likeness (QED) is 0.679. The van der Waals surface area contributed by atoms with Crippen LogP contribution >= 0.6 is 0 Å². The number of aliphatic imine (C=N–C) groups is 2. The molecule has 2 saturated heterocycles. The maximum Gasteiger partial charge on any atom is 0.220 e. The van der Waals surface area contributed by atoms with E-state index in [1.165, 1.54) is 18.8 Å². The highest BCUT2D eigenvalue weighted by atomic mass is 15.3. The van der Waals surface area contributed by atoms with Crippen molar-refractivity contribution in [3.8, 4) is 0 Å². The van der Waals surface area contributed by atoms with Crippen LogP contribution < -0.4 is 5.32 Å². The topological polar surface area (TPSA) is 40.0 Å². The summed E-state index contributed by atoms with van der Waals surface area (Å²) in [5.74, 6) is 3.09. The van der Waals surface area contributed by atoms with E-state index in [0.717, 1.165) is 30.9 Å². The summed E-state index contributed by atoms with van der Waals surface area (Å²) in [5, 5.41) is 3.47. The number of guanidine groups is 1. The Balaban J connectivity index is 1.76. The van der Waals surface area contributed by atoms with Crippen molar-refractivity contribution in [3.63, 3.8) is 0 Å². The van der Waals surface area contributed by atoms with Gasteiger partial charge in [0.2, 0.25) is 5.96 Å². The van der Waals surface area contributed by atoms with Gasteiger partial charge < -0.3 is 10.2 Å². The molecule has 4 nitrogen and oxygen atoms in total. The maximum atomic E-state index is 4.76. The smallest absolute Gasteiger partial charge is 0.220 e. The number of rotatable bonds is 0. The first-order valence-electron chi connectivity index (χ1n) is 6.74. The van der Waals surface area contributed by atoms with Crippen LogP contribution in [0.15, 0.2) is 9.98 Å². The number of nitrogens with one attached hydrogen (secondary N) is 1. The summed E-state index contributed by atoms with van der Waals surface area (Å²) in [5.41, 5.74) is 1.23. The van der Waals surface area contributed by atoms with Crippen molar-refractivity contribution in [1.82, 2.24) is 10.2 Å². The van der Waals surface area contributed by atoms with Crippen LogP contribution in [-0.4, -0.2) is 48.8 Å². The zero-order valence-corrected chi connectivity index (χ0v) is 11.0. The van der Waals surface area contributed by atoms with Crippen molar-refractivity contribution >= 4 is 11.7 Å². The average molecular weight is 234 g/mol. The van der Waals surface area contributed by atoms with Crippen molar-refractivity contribution in [1.29, 1.82) is 0 Å². The number of hydrogen-bond acceptors (Lipinski definition) is 4. The monoisotopic (exact) mass is 234 g/mol. The lowest BCUT2D eigenvalue weighted by Gasteiger charge is -2.27. The first kappa shape index (κ1) is 11.2. The maximum absolute atomic E-state index is 4.76. The fourth-order valence-corrected chi connectivity index (χ4v) is 3.10. The van der Waals surface area contributed by atoms with Crippen LogP contribution in [0.4, 0.5) is 0 Å². The van der Waals surface area contributed by atoms with Crippen molar-refractivity contribution in [2.24, 2.45) is 27.7 Å². The highest BCUT2D eigenvalue weighted by Gasteiger charge is 2.38. The van der Waals surface area contributed by atoms with Gasteiger partial charge in [-0.05, 0) is 25.7 Å². The molecule has 4 unspecified atom stereocenters. The summed E-state index contributed by atoms with van der Waals surface area (Å²) in [4.78, 5) is 11.8. The lowest BCUT2D eigenvalue weighted by Crippen LogP contribution is -2.36. The van der Waals surface area contributed by atoms with Crippen LogP contribution in [0.1, 0.15) is 20.8 Å². The third kappa shape index (κ3) is 1.88. The molecule has 0 aromatic carbocycles. The van der Waals surface area contributed by atoms with Crippen molar-refractivity contribution in [3.05, 3.63) is 0 Å². The molecule has 0 saturated carbocycles. The molecule has 3 rings (SSSR count). The molecule has 4 atom stereocenters. The molecule has 17 heavy (non-hydrogen) atoms. The molecule has 3 heterocycles. The Morgan fingerprint density at radius 2 is 1.82 bits per heavy atom. The molecule has 0 amide bonds. The molecular weight excluding hydrogens is 212 g/mol. The molecule has 0 aromatic heterocycles. The number of nitrogens with zero attached hydrogens (tertiary/aromatic N) is 3. The number of fused-ring (bicyclic) bond motifs is 1. The molecular formula is C13H22N4. The minimum Gasteiger partial charge on any atom is -0.340 e. The zero-order chi connectivity index (χ0) is 12.0. The van der Waals surface area contributed by atoms with Crippen LogP contribution in [0.5, 0.6) is 0 Å². The molecule has 0 spiro atoms. The lowest BCUT2D eigenvalue weighted by molar-refractivity contribution is 0.450. The number of likely N-dealkylation sites (tertiary alicyclic amines) is 1. The Kier molecular flexibility index (Phi) is 2.69. The van der Waals surface area contributed by atoms with Crippen molar-refractivity contribution < 1.29 is 0 Å². The molecule has 1 N–H and O–H groups in total. The predicted octanol–water partition coefficient (Wildman–Crippen LogP) is 0.993. The standard InChI is InChI=1S/C13H22N4/c1-8-9(2)15-13(16-10(8)3)17-6-11-4-14-5-12(11)7-17/h8-9,11-12,14H,4-7H2,1-3H3. The summed E-state index contributed by atoms with van der Waals surface area (Å²) in [7, 11) is 0. The second kappa shape index (κ2) is 4.09. The van der Waals surface area contributed by atoms with Crippen LogP contribution in [0, 0.1) is 17.8 Å². The minimum absolute atomic E-state index is 0.376. The summed E-state index contributed by atoms with van der Waals surface area (Å²) in [6, 6.07) is 0.376. The third-order valence-electron chi connectivity index (χ3n) is 4.65. The minimum atomic E-state index is 0.376. The van der Waals surface area contributed by atoms with Gasteiger partial charge in [-0.25, -0.2) is 9.98 Å². The van der Waals surface area contributed by atoms with Crippen LogP contribution in [-0.2, 0) is 0 Å². The Bertz CT molecular complexity index is 362. The highest BCUT2D eigenvalue weighted by molar-refractivity contribution is 5.99. The SMILES string of the molecule is CC1=NC(N2CC3CNCC3C2)=NC(C)C1C. The molecule has 94 valence electrons. The molecule has 2 fully saturated rings. The van der Waals surface area contributed by atoms with E-state index >= 15 is 0 Å². The van der Waals surface area contributed by atoms with E-state index in [-0.39, 0.29) is 0 Å². The van der Waals surface area contributed by atoms with Gasteiger partial charge in [0.1, 0.15) is 0 Å². The summed E-state index contributed by atoms with van der Waals surface area (Å²) < 4.78 is 0. The summed E-state index contributed by atoms with van der Waals surface area (Å²) in [6.45, 7) is 11.1. The Hall–Kier alpha value is -0.900. The molecule has 0 aromatic rings. The van der Waals surface area contributed by atoms with Crippen LogP contribution in [0.2, 0.25) is 0 Å². The lowest BCUT2D eigenvalue weighted by atomic mass is 9.98. The fraction of sp³-hybridized carbons (Fsp3) is 0.846. The first-order chi connectivity index (χ1) is 8.15. The van der Waals surface area contributed by atoms with Gasteiger partial charge in [-0.1, -0.05) is 6.92 Å². The normalized spacial score (nSPS) is 41.2. The van der Waals surface area contributed by atoms with Gasteiger partial charge in [-0.2, -0.15) is 0 Å². The summed E-state index contributed by atoms with van der Waals surface area (Å²) >= 11 is 0. The molecule has 4 heteroatoms. The Labute approximate surface area is 103 Å². The largest absolute Gasteiger partial charge is 0.340 e. The first-order valence-corrected chi connectivity index (χ1v) is 6.74. The van der Waals surface area contributed by atoms with Gasteiger partial charge in [0.05, 0.1) is 6.04 Å². The van der Waals surface area contributed by atoms with E-state index < -0.39 is 0 Å². The van der Waals surface area contributed by atoms with E-state index in [2.05, 4.69) is 31.0 Å². The van der Waals surface area contributed by atoms with Gasteiger partial charge in [0, 0.05) is 37.8 Å². The van der Waals surface area contributed by atoms with Gasteiger partial charge in [0.25, 0.3) is 0 Å². The van der Waals surface area contributed by atoms with Crippen LogP contribution in [0.3, 0.4) is 0 Å². The van der Waals surface area contributed by atoms with Gasteiger partial charge in [-0.15, -0.1) is 0 Å². The molecule has 0 aliphatic carbocycles. The van der Waals surface area contributed by atoms with Gasteiger partial charge in [-0.3, -0.25) is 0 Å². The van der Waals surface area contributed by atoms with E-state index in [1.54, 1.807) is 0 Å². The van der Waals surface area contributed by atoms with Crippen molar-refractivity contribution in [2.45, 2.75) is 26.8 Å². The molecule has 0 bridgehead atoms. The van der Waals surface area contributed by atoms with E-state index in [4.69, 9.17) is 9.98 Å². The summed E-state index contributed by atoms with van der Waals surface area (Å²) in [6.07, 6.45) is 0. The van der Waals surface area contributed by atoms with E-state index in [9.17, 15) is 0 Å². The molecule has 3 aliphatic heterocycles. The van der Waals surface area contributed by atoms with E-state index in [1.807, 2.05) is 0 Å². The van der Waals surface area contributed by atoms with Gasteiger partial charge in [0.15, 0.2) is 0 Å². The molecule has 3 aliphatic rings. The number of hydrogen-bond donors (Lipinski definition) is 1. The Morgan fingerprint density at radius 1 is 1.18 bits per heavy atom. The second-order valence-electron chi connectivity index (χ2n) is 5.79. The Morgan fingerprint density at radius 3 is 2.41 bits per heavy atom. The van der Waals surface area contributed by atoms with Crippen LogP contribution in [0.25, 0.3) is 0 Å². The average Bonchev–Trinajstić information content (AvgIpc) is 2.84. The molecule has 0 radical (unpaired) electrons.